The van der Waals surface area contributed by atoms with Gasteiger partial charge in [0.1, 0.15) is 15.6 Å². The lowest BCUT2D eigenvalue weighted by Crippen LogP contribution is -2.03. The lowest BCUT2D eigenvalue weighted by molar-refractivity contribution is -0.111. The molecule has 0 amide bonds. The molecule has 0 saturated heterocycles. The molecule has 1 nitrogen and oxygen atoms in total. The average molecular weight is 175 g/mol. The van der Waals surface area contributed by atoms with Crippen molar-refractivity contribution in [2.45, 2.75) is 19.8 Å². The van der Waals surface area contributed by atoms with Gasteiger partial charge in [-0.15, -0.1) is 0 Å². The summed E-state index contributed by atoms with van der Waals surface area (Å²) in [6, 6.07) is 8.02. The summed E-state index contributed by atoms with van der Waals surface area (Å²) in [6.45, 7) is 2.09. The summed E-state index contributed by atoms with van der Waals surface area (Å²) in [5, 5.41) is 0.0379. The largest absolute Gasteiger partial charge is 0.306 e. The van der Waals surface area contributed by atoms with Gasteiger partial charge in [0.25, 0.3) is 0 Å². The third-order valence-corrected chi connectivity index (χ3v) is 2.03. The van der Waals surface area contributed by atoms with Gasteiger partial charge < -0.3 is 4.79 Å². The van der Waals surface area contributed by atoms with Crippen LogP contribution >= 0.6 is 0 Å². The fraction of sp³-hybridized carbons (Fsp3) is 0.300. The maximum Gasteiger partial charge on any atom is 0.126 e. The van der Waals surface area contributed by atoms with E-state index in [1.54, 1.807) is 0 Å². The van der Waals surface area contributed by atoms with Gasteiger partial charge in [0.15, 0.2) is 0 Å². The molecule has 0 aromatic heterocycles. The third kappa shape index (κ3) is 2.31. The minimum atomic E-state index is 0.0379. The zero-order chi connectivity index (χ0) is 8.97. The van der Waals surface area contributed by atoms with Crippen LogP contribution in [-0.4, -0.2) is 15.6 Å². The monoisotopic (exact) mass is 175 g/mol. The van der Waals surface area contributed by atoms with Crippen molar-refractivity contribution < 1.29 is 4.79 Å². The van der Waals surface area contributed by atoms with Crippen LogP contribution in [0.15, 0.2) is 24.3 Å². The molecule has 0 aliphatic carbocycles. The zero-order valence-electron chi connectivity index (χ0n) is 7.13. The van der Waals surface area contributed by atoms with Gasteiger partial charge in [0.2, 0.25) is 0 Å². The fourth-order valence-corrected chi connectivity index (χ4v) is 1.44. The molecule has 1 aromatic rings. The second-order valence-electron chi connectivity index (χ2n) is 2.72. The van der Waals surface area contributed by atoms with Gasteiger partial charge in [-0.05, 0) is 17.5 Å². The van der Waals surface area contributed by atoms with E-state index in [1.807, 2.05) is 18.2 Å². The highest BCUT2D eigenvalue weighted by Gasteiger charge is 2.01. The second kappa shape index (κ2) is 4.21. The SMILES string of the molecule is CCc1ccccc1CC(=O)[Si]. The number of carbonyl (C=O) groups excluding carboxylic acids is 1. The Bertz CT molecular complexity index is 281. The first-order chi connectivity index (χ1) is 5.74. The quantitative estimate of drug-likeness (QED) is 0.636. The van der Waals surface area contributed by atoms with Crippen molar-refractivity contribution in [1.29, 1.82) is 0 Å². The molecule has 0 spiro atoms. The van der Waals surface area contributed by atoms with E-state index in [-0.39, 0.29) is 5.41 Å². The van der Waals surface area contributed by atoms with Crippen LogP contribution in [0.25, 0.3) is 0 Å². The normalized spacial score (nSPS) is 9.83. The first-order valence-corrected chi connectivity index (χ1v) is 4.55. The van der Waals surface area contributed by atoms with Crippen molar-refractivity contribution in [3.8, 4) is 0 Å². The number of carbonyl (C=O) groups is 1. The Morgan fingerprint density at radius 2 is 1.92 bits per heavy atom. The number of aryl methyl sites for hydroxylation is 1. The molecule has 0 aliphatic heterocycles. The molecule has 0 heterocycles. The highest BCUT2D eigenvalue weighted by Crippen LogP contribution is 2.09. The second-order valence-corrected chi connectivity index (χ2v) is 3.28. The maximum absolute atomic E-state index is 10.8. The molecule has 0 saturated carbocycles. The van der Waals surface area contributed by atoms with Crippen molar-refractivity contribution in [2.24, 2.45) is 0 Å². The van der Waals surface area contributed by atoms with Crippen LogP contribution in [0.2, 0.25) is 0 Å². The minimum Gasteiger partial charge on any atom is -0.306 e. The van der Waals surface area contributed by atoms with Gasteiger partial charge in [0.05, 0.1) is 0 Å². The Kier molecular flexibility index (Phi) is 3.23. The van der Waals surface area contributed by atoms with Crippen molar-refractivity contribution in [3.05, 3.63) is 35.4 Å². The van der Waals surface area contributed by atoms with E-state index >= 15 is 0 Å². The molecule has 2 heteroatoms. The van der Waals surface area contributed by atoms with Gasteiger partial charge in [-0.2, -0.15) is 0 Å². The summed E-state index contributed by atoms with van der Waals surface area (Å²) in [7, 11) is 2.98. The summed E-state index contributed by atoms with van der Waals surface area (Å²) in [5.74, 6) is 0. The Morgan fingerprint density at radius 1 is 1.33 bits per heavy atom. The zero-order valence-corrected chi connectivity index (χ0v) is 8.13. The van der Waals surface area contributed by atoms with Crippen LogP contribution < -0.4 is 0 Å². The summed E-state index contributed by atoms with van der Waals surface area (Å²) < 4.78 is 0. The van der Waals surface area contributed by atoms with Gasteiger partial charge in [-0.1, -0.05) is 31.2 Å². The van der Waals surface area contributed by atoms with Gasteiger partial charge in [0, 0.05) is 6.42 Å². The predicted molar refractivity (Wildman–Crippen MR) is 50.3 cm³/mol. The number of rotatable bonds is 3. The summed E-state index contributed by atoms with van der Waals surface area (Å²) >= 11 is 0. The average Bonchev–Trinajstić information content (AvgIpc) is 2.04. The Labute approximate surface area is 76.2 Å². The van der Waals surface area contributed by atoms with Gasteiger partial charge >= 0.3 is 0 Å². The fourth-order valence-electron chi connectivity index (χ4n) is 1.25. The number of hydrogen-bond donors (Lipinski definition) is 0. The van der Waals surface area contributed by atoms with E-state index < -0.39 is 0 Å². The summed E-state index contributed by atoms with van der Waals surface area (Å²) in [4.78, 5) is 10.8. The van der Waals surface area contributed by atoms with E-state index in [9.17, 15) is 4.79 Å². The van der Waals surface area contributed by atoms with E-state index in [0.717, 1.165) is 12.0 Å². The lowest BCUT2D eigenvalue weighted by atomic mass is 10.0. The highest BCUT2D eigenvalue weighted by molar-refractivity contribution is 6.57. The molecule has 0 atom stereocenters. The number of hydrogen-bond acceptors (Lipinski definition) is 1. The van der Waals surface area contributed by atoms with Crippen molar-refractivity contribution in [3.63, 3.8) is 0 Å². The van der Waals surface area contributed by atoms with Gasteiger partial charge in [-0.3, -0.25) is 0 Å². The molecule has 0 aliphatic rings. The Morgan fingerprint density at radius 3 is 2.42 bits per heavy atom. The molecule has 0 N–H and O–H groups in total. The predicted octanol–water partition coefficient (Wildman–Crippen LogP) is 1.49. The molecule has 0 unspecified atom stereocenters. The smallest absolute Gasteiger partial charge is 0.126 e. The van der Waals surface area contributed by atoms with Crippen LogP contribution in [0.1, 0.15) is 18.1 Å². The van der Waals surface area contributed by atoms with Crippen LogP contribution in [0.3, 0.4) is 0 Å². The first kappa shape index (κ1) is 9.20. The Balaban J connectivity index is 2.89. The van der Waals surface area contributed by atoms with E-state index in [1.165, 1.54) is 5.56 Å². The van der Waals surface area contributed by atoms with E-state index in [4.69, 9.17) is 0 Å². The molecule has 61 valence electrons. The van der Waals surface area contributed by atoms with Crippen molar-refractivity contribution >= 4 is 15.6 Å². The lowest BCUT2D eigenvalue weighted by Gasteiger charge is -2.04. The molecule has 1 rings (SSSR count). The highest BCUT2D eigenvalue weighted by atomic mass is 28.1. The van der Waals surface area contributed by atoms with Crippen LogP contribution in [-0.2, 0) is 17.6 Å². The molecular formula is C10H11OSi. The third-order valence-electron chi connectivity index (χ3n) is 1.85. The summed E-state index contributed by atoms with van der Waals surface area (Å²) in [6.07, 6.45) is 1.47. The Hall–Kier alpha value is -0.893. The van der Waals surface area contributed by atoms with Crippen LogP contribution in [0, 0.1) is 0 Å². The van der Waals surface area contributed by atoms with Crippen LogP contribution in [0.4, 0.5) is 0 Å². The van der Waals surface area contributed by atoms with E-state index in [2.05, 4.69) is 23.2 Å². The van der Waals surface area contributed by atoms with Crippen molar-refractivity contribution in [1.82, 2.24) is 0 Å². The standard InChI is InChI=1S/C10H11OSi/c1-2-8-5-3-4-6-9(8)7-10(11)12/h3-6H,2,7H2,1H3. The van der Waals surface area contributed by atoms with E-state index in [0.29, 0.717) is 6.42 Å². The van der Waals surface area contributed by atoms with Crippen molar-refractivity contribution in [2.75, 3.05) is 0 Å². The number of benzene rings is 1. The minimum absolute atomic E-state index is 0.0379. The molecular weight excluding hydrogens is 164 g/mol. The molecule has 3 radical (unpaired) electrons. The topological polar surface area (TPSA) is 17.1 Å². The first-order valence-electron chi connectivity index (χ1n) is 4.05. The van der Waals surface area contributed by atoms with Gasteiger partial charge in [-0.25, -0.2) is 0 Å². The molecule has 12 heavy (non-hydrogen) atoms. The maximum atomic E-state index is 10.8. The summed E-state index contributed by atoms with van der Waals surface area (Å²) in [5.41, 5.74) is 2.38. The molecule has 0 fully saturated rings. The molecule has 1 aromatic carbocycles. The van der Waals surface area contributed by atoms with Crippen LogP contribution in [0.5, 0.6) is 0 Å². The molecule has 0 bridgehead atoms.